The normalized spacial score (nSPS) is 12.1. The minimum absolute atomic E-state index is 0.0139. The number of alkyl halides is 1. The zero-order valence-corrected chi connectivity index (χ0v) is 10.4. The Morgan fingerprint density at radius 2 is 1.58 bits per heavy atom. The number of aliphatic carboxylic acids is 1. The molecule has 2 aromatic rings. The topological polar surface area (TPSA) is 37.3 Å². The fourth-order valence-electron chi connectivity index (χ4n) is 1.91. The summed E-state index contributed by atoms with van der Waals surface area (Å²) in [6.45, 7) is 0. The van der Waals surface area contributed by atoms with E-state index in [9.17, 15) is 9.18 Å². The molecule has 0 aliphatic carbocycles. The Balaban J connectivity index is 2.01. The highest BCUT2D eigenvalue weighted by Crippen LogP contribution is 2.20. The average molecular weight is 258 g/mol. The van der Waals surface area contributed by atoms with E-state index in [-0.39, 0.29) is 6.42 Å². The van der Waals surface area contributed by atoms with Crippen molar-refractivity contribution >= 4 is 5.97 Å². The maximum Gasteiger partial charge on any atom is 0.338 e. The van der Waals surface area contributed by atoms with E-state index in [2.05, 4.69) is 0 Å². The van der Waals surface area contributed by atoms with E-state index >= 15 is 0 Å². The van der Waals surface area contributed by atoms with Gasteiger partial charge in [-0.1, -0.05) is 54.6 Å². The third kappa shape index (κ3) is 3.65. The van der Waals surface area contributed by atoms with Crippen LogP contribution >= 0.6 is 0 Å². The highest BCUT2D eigenvalue weighted by molar-refractivity contribution is 5.72. The molecule has 2 aromatic carbocycles. The largest absolute Gasteiger partial charge is 0.479 e. The third-order valence-corrected chi connectivity index (χ3v) is 3.02. The van der Waals surface area contributed by atoms with Gasteiger partial charge in [-0.2, -0.15) is 0 Å². The van der Waals surface area contributed by atoms with E-state index in [1.165, 1.54) is 0 Å². The monoisotopic (exact) mass is 258 g/mol. The Kier molecular flexibility index (Phi) is 4.29. The Bertz CT molecular complexity index is 534. The average Bonchev–Trinajstić information content (AvgIpc) is 2.46. The number of carbonyl (C=O) groups is 1. The summed E-state index contributed by atoms with van der Waals surface area (Å²) in [7, 11) is 0. The highest BCUT2D eigenvalue weighted by Gasteiger charge is 2.14. The van der Waals surface area contributed by atoms with E-state index in [0.29, 0.717) is 6.42 Å². The molecule has 98 valence electrons. The lowest BCUT2D eigenvalue weighted by atomic mass is 10.0. The smallest absolute Gasteiger partial charge is 0.338 e. The van der Waals surface area contributed by atoms with Crippen molar-refractivity contribution in [2.45, 2.75) is 19.0 Å². The highest BCUT2D eigenvalue weighted by atomic mass is 19.1. The van der Waals surface area contributed by atoms with Gasteiger partial charge in [-0.15, -0.1) is 0 Å². The van der Waals surface area contributed by atoms with Gasteiger partial charge < -0.3 is 5.11 Å². The first-order valence-electron chi connectivity index (χ1n) is 6.18. The summed E-state index contributed by atoms with van der Waals surface area (Å²) in [5.41, 5.74) is 3.17. The molecule has 0 bridgehead atoms. The van der Waals surface area contributed by atoms with Gasteiger partial charge in [0.05, 0.1) is 0 Å². The van der Waals surface area contributed by atoms with E-state index in [4.69, 9.17) is 5.11 Å². The van der Waals surface area contributed by atoms with Crippen LogP contribution in [0.15, 0.2) is 54.6 Å². The number of hydrogen-bond donors (Lipinski definition) is 1. The number of carboxylic acid groups (broad SMARTS) is 1. The number of halogens is 1. The Labute approximate surface area is 111 Å². The fraction of sp³-hybridized carbons (Fsp3) is 0.188. The summed E-state index contributed by atoms with van der Waals surface area (Å²) in [6.07, 6.45) is -1.34. The lowest BCUT2D eigenvalue weighted by Gasteiger charge is -2.05. The van der Waals surface area contributed by atoms with Crippen molar-refractivity contribution in [2.75, 3.05) is 0 Å². The van der Waals surface area contributed by atoms with Crippen LogP contribution in [0.5, 0.6) is 0 Å². The first-order valence-corrected chi connectivity index (χ1v) is 6.18. The van der Waals surface area contributed by atoms with Gasteiger partial charge >= 0.3 is 5.97 Å². The first-order chi connectivity index (χ1) is 9.16. The summed E-state index contributed by atoms with van der Waals surface area (Å²) >= 11 is 0. The van der Waals surface area contributed by atoms with Crippen molar-refractivity contribution in [3.05, 3.63) is 60.2 Å². The fourth-order valence-corrected chi connectivity index (χ4v) is 1.91. The number of carboxylic acids is 1. The maximum absolute atomic E-state index is 13.0. The second kappa shape index (κ2) is 6.14. The summed E-state index contributed by atoms with van der Waals surface area (Å²) in [5.74, 6) is -1.39. The maximum atomic E-state index is 13.0. The van der Waals surface area contributed by atoms with Crippen LogP contribution in [-0.4, -0.2) is 17.2 Å². The summed E-state index contributed by atoms with van der Waals surface area (Å²) < 4.78 is 13.0. The summed E-state index contributed by atoms with van der Waals surface area (Å²) in [4.78, 5) is 10.4. The van der Waals surface area contributed by atoms with E-state index in [1.54, 1.807) is 0 Å². The molecule has 1 N–H and O–H groups in total. The molecule has 3 heteroatoms. The van der Waals surface area contributed by atoms with Gasteiger partial charge in [0, 0.05) is 0 Å². The van der Waals surface area contributed by atoms with E-state index < -0.39 is 12.1 Å². The molecule has 0 aliphatic heterocycles. The molecule has 19 heavy (non-hydrogen) atoms. The van der Waals surface area contributed by atoms with Crippen molar-refractivity contribution in [3.8, 4) is 11.1 Å². The molecule has 1 atom stereocenters. The van der Waals surface area contributed by atoms with Crippen LogP contribution in [-0.2, 0) is 11.2 Å². The Hall–Kier alpha value is -2.16. The molecular weight excluding hydrogens is 243 g/mol. The van der Waals surface area contributed by atoms with Crippen molar-refractivity contribution in [1.29, 1.82) is 0 Å². The molecule has 2 nitrogen and oxygen atoms in total. The van der Waals surface area contributed by atoms with Gasteiger partial charge in [0.15, 0.2) is 6.17 Å². The standard InChI is InChI=1S/C16H15FO2/c17-15(16(18)19)11-8-12-6-9-14(10-7-12)13-4-2-1-3-5-13/h1-7,9-10,15H,8,11H2,(H,18,19). The van der Waals surface area contributed by atoms with E-state index in [1.807, 2.05) is 54.6 Å². The van der Waals surface area contributed by atoms with Gasteiger partial charge in [-0.3, -0.25) is 0 Å². The lowest BCUT2D eigenvalue weighted by Crippen LogP contribution is -2.14. The van der Waals surface area contributed by atoms with Crippen molar-refractivity contribution in [2.24, 2.45) is 0 Å². The second-order valence-electron chi connectivity index (χ2n) is 4.41. The molecule has 0 fully saturated rings. The molecule has 0 aliphatic rings. The zero-order valence-electron chi connectivity index (χ0n) is 10.4. The van der Waals surface area contributed by atoms with Crippen LogP contribution < -0.4 is 0 Å². The van der Waals surface area contributed by atoms with Crippen LogP contribution in [0.3, 0.4) is 0 Å². The molecule has 1 unspecified atom stereocenters. The van der Waals surface area contributed by atoms with Gasteiger partial charge in [-0.05, 0) is 29.5 Å². The Morgan fingerprint density at radius 3 is 2.16 bits per heavy atom. The molecule has 0 amide bonds. The van der Waals surface area contributed by atoms with Crippen molar-refractivity contribution in [3.63, 3.8) is 0 Å². The van der Waals surface area contributed by atoms with Gasteiger partial charge in [0.25, 0.3) is 0 Å². The van der Waals surface area contributed by atoms with Crippen LogP contribution in [0.1, 0.15) is 12.0 Å². The van der Waals surface area contributed by atoms with Crippen molar-refractivity contribution in [1.82, 2.24) is 0 Å². The zero-order chi connectivity index (χ0) is 13.7. The molecule has 2 rings (SSSR count). The predicted molar refractivity (Wildman–Crippen MR) is 72.7 cm³/mol. The summed E-state index contributed by atoms with van der Waals surface area (Å²) in [6, 6.07) is 17.7. The Morgan fingerprint density at radius 1 is 1.00 bits per heavy atom. The number of aryl methyl sites for hydroxylation is 1. The van der Waals surface area contributed by atoms with Gasteiger partial charge in [-0.25, -0.2) is 9.18 Å². The molecular formula is C16H15FO2. The SMILES string of the molecule is O=C(O)C(F)CCc1ccc(-c2ccccc2)cc1. The van der Waals surface area contributed by atoms with Gasteiger partial charge in [0.1, 0.15) is 0 Å². The second-order valence-corrected chi connectivity index (χ2v) is 4.41. The predicted octanol–water partition coefficient (Wildman–Crippen LogP) is 3.71. The molecule has 0 heterocycles. The lowest BCUT2D eigenvalue weighted by molar-refractivity contribution is -0.142. The van der Waals surface area contributed by atoms with Crippen LogP contribution in [0.4, 0.5) is 4.39 Å². The third-order valence-electron chi connectivity index (χ3n) is 3.02. The van der Waals surface area contributed by atoms with Gasteiger partial charge in [0.2, 0.25) is 0 Å². The molecule has 0 aromatic heterocycles. The van der Waals surface area contributed by atoms with Crippen LogP contribution in [0.2, 0.25) is 0 Å². The number of rotatable bonds is 5. The molecule has 0 radical (unpaired) electrons. The molecule has 0 saturated heterocycles. The van der Waals surface area contributed by atoms with E-state index in [0.717, 1.165) is 16.7 Å². The minimum atomic E-state index is -1.78. The minimum Gasteiger partial charge on any atom is -0.479 e. The first kappa shape index (κ1) is 13.3. The van der Waals surface area contributed by atoms with Crippen LogP contribution in [0, 0.1) is 0 Å². The number of hydrogen-bond acceptors (Lipinski definition) is 1. The quantitative estimate of drug-likeness (QED) is 0.887. The van der Waals surface area contributed by atoms with Crippen molar-refractivity contribution < 1.29 is 14.3 Å². The van der Waals surface area contributed by atoms with Crippen LogP contribution in [0.25, 0.3) is 11.1 Å². The molecule has 0 saturated carbocycles. The molecule has 0 spiro atoms. The number of benzene rings is 2. The summed E-state index contributed by atoms with van der Waals surface area (Å²) in [5, 5.41) is 8.48.